The van der Waals surface area contributed by atoms with Gasteiger partial charge < -0.3 is 28.0 Å². The molecular weight excluding hydrogens is 674 g/mol. The third kappa shape index (κ3) is 7.99. The van der Waals surface area contributed by atoms with Gasteiger partial charge in [0.15, 0.2) is 12.4 Å². The number of para-hydroxylation sites is 1. The summed E-state index contributed by atoms with van der Waals surface area (Å²) in [4.78, 5) is 0. The highest BCUT2D eigenvalue weighted by molar-refractivity contribution is 7.69. The van der Waals surface area contributed by atoms with Gasteiger partial charge in [0.25, 0.3) is 0 Å². The van der Waals surface area contributed by atoms with Gasteiger partial charge in [-0.25, -0.2) is 0 Å². The van der Waals surface area contributed by atoms with Crippen molar-refractivity contribution >= 4 is 37.5 Å². The van der Waals surface area contributed by atoms with Gasteiger partial charge in [0, 0.05) is 26.8 Å². The average Bonchev–Trinajstić information content (AvgIpc) is 3.21. The van der Waals surface area contributed by atoms with Crippen LogP contribution in [0.25, 0.3) is 0 Å². The highest BCUT2D eigenvalue weighted by Crippen LogP contribution is 2.48. The molecule has 0 radical (unpaired) electrons. The van der Waals surface area contributed by atoms with Crippen LogP contribution in [-0.2, 0) is 23.3 Å². The molecule has 8 heteroatoms. The molecule has 2 saturated heterocycles. The summed E-state index contributed by atoms with van der Waals surface area (Å²) in [6.07, 6.45) is -3.77. The lowest BCUT2D eigenvalue weighted by Gasteiger charge is -2.50. The first-order valence-corrected chi connectivity index (χ1v) is 19.7. The minimum Gasteiger partial charge on any atom is -0.462 e. The second-order valence-electron chi connectivity index (χ2n) is 12.2. The van der Waals surface area contributed by atoms with Crippen LogP contribution in [0, 0.1) is 0 Å². The SMILES string of the molecule is c1ccc(O[C@@H]2O[C@@H]3CO[C@@H](c4ccccc4)O[C@H]3[C@H](OP(c3ccccc3)c3ccccc3)[C@H]2OP(c2ccccc2)c2ccccc2)cc1. The van der Waals surface area contributed by atoms with E-state index in [1.807, 2.05) is 109 Å². The lowest BCUT2D eigenvalue weighted by Crippen LogP contribution is -2.64. The normalized spacial score (nSPS) is 23.1. The zero-order valence-corrected chi connectivity index (χ0v) is 29.6. The van der Waals surface area contributed by atoms with Gasteiger partial charge in [-0.3, -0.25) is 0 Å². The van der Waals surface area contributed by atoms with Crippen LogP contribution < -0.4 is 26.0 Å². The van der Waals surface area contributed by atoms with Gasteiger partial charge in [0.05, 0.1) is 22.9 Å². The molecule has 2 aliphatic rings. The van der Waals surface area contributed by atoms with Gasteiger partial charge >= 0.3 is 0 Å². The predicted molar refractivity (Wildman–Crippen MR) is 204 cm³/mol. The Morgan fingerprint density at radius 3 is 1.33 bits per heavy atom. The minimum absolute atomic E-state index is 0.298. The summed E-state index contributed by atoms with van der Waals surface area (Å²) < 4.78 is 41.6. The number of hydrogen-bond donors (Lipinski definition) is 0. The number of benzene rings is 6. The zero-order chi connectivity index (χ0) is 34.2. The van der Waals surface area contributed by atoms with Crippen molar-refractivity contribution in [1.29, 1.82) is 0 Å². The van der Waals surface area contributed by atoms with Crippen molar-refractivity contribution in [2.75, 3.05) is 6.61 Å². The van der Waals surface area contributed by atoms with Gasteiger partial charge in [-0.15, -0.1) is 0 Å². The van der Waals surface area contributed by atoms with E-state index in [0.717, 1.165) is 26.8 Å². The maximum atomic E-state index is 7.48. The molecule has 0 aliphatic carbocycles. The third-order valence-electron chi connectivity index (χ3n) is 8.77. The summed E-state index contributed by atoms with van der Waals surface area (Å²) in [6.45, 7) is 0.298. The second kappa shape index (κ2) is 16.4. The van der Waals surface area contributed by atoms with Gasteiger partial charge in [0.1, 0.15) is 24.1 Å². The molecule has 0 unspecified atom stereocenters. The maximum absolute atomic E-state index is 7.48. The van der Waals surface area contributed by atoms with Crippen LogP contribution in [-0.4, -0.2) is 37.3 Å². The summed E-state index contributed by atoms with van der Waals surface area (Å²) in [5.41, 5.74) is 0.930. The fraction of sp³-hybridized carbons (Fsp3) is 0.163. The van der Waals surface area contributed by atoms with Crippen LogP contribution >= 0.6 is 16.3 Å². The molecule has 6 nitrogen and oxygen atoms in total. The summed E-state index contributed by atoms with van der Waals surface area (Å²) in [5.74, 6) is 0.672. The van der Waals surface area contributed by atoms with Crippen LogP contribution in [0.2, 0.25) is 0 Å². The molecule has 0 bridgehead atoms. The molecule has 0 spiro atoms. The van der Waals surface area contributed by atoms with E-state index in [1.54, 1.807) is 0 Å². The zero-order valence-electron chi connectivity index (χ0n) is 27.8. The van der Waals surface area contributed by atoms with Crippen molar-refractivity contribution in [2.24, 2.45) is 0 Å². The topological polar surface area (TPSA) is 55.4 Å². The maximum Gasteiger partial charge on any atom is 0.229 e. The Labute approximate surface area is 301 Å². The van der Waals surface area contributed by atoms with Crippen LogP contribution in [0.5, 0.6) is 5.75 Å². The Kier molecular flexibility index (Phi) is 10.9. The van der Waals surface area contributed by atoms with Crippen LogP contribution in [0.3, 0.4) is 0 Å². The van der Waals surface area contributed by atoms with E-state index in [4.69, 9.17) is 28.0 Å². The van der Waals surface area contributed by atoms with E-state index in [-0.39, 0.29) is 0 Å². The van der Waals surface area contributed by atoms with E-state index >= 15 is 0 Å². The van der Waals surface area contributed by atoms with E-state index in [9.17, 15) is 0 Å². The quantitative estimate of drug-likeness (QED) is 0.128. The van der Waals surface area contributed by atoms with Crippen LogP contribution in [0.1, 0.15) is 11.9 Å². The van der Waals surface area contributed by atoms with E-state index < -0.39 is 53.3 Å². The van der Waals surface area contributed by atoms with Gasteiger partial charge in [-0.05, 0) is 12.1 Å². The predicted octanol–water partition coefficient (Wildman–Crippen LogP) is 7.77. The lowest BCUT2D eigenvalue weighted by molar-refractivity contribution is -0.342. The van der Waals surface area contributed by atoms with Crippen molar-refractivity contribution < 1.29 is 28.0 Å². The Morgan fingerprint density at radius 2 is 0.863 bits per heavy atom. The third-order valence-corrected chi connectivity index (χ3v) is 12.7. The molecule has 2 fully saturated rings. The second-order valence-corrected chi connectivity index (χ2v) is 15.9. The summed E-state index contributed by atoms with van der Waals surface area (Å²) in [6, 6.07) is 61.2. The molecule has 0 amide bonds. The standard InChI is InChI=1S/C43H38O6P2/c1-7-19-32(20-8-1)42-44-31-38-39(47-42)40(48-50(34-23-11-3-12-24-34)35-25-13-4-14-26-35)41(43(46-38)45-33-21-9-2-10-22-33)49-51(36-27-15-5-16-28-36)37-29-17-6-18-30-37/h1-30,38-43H,31H2/t38-,39-,40+,41-,42-,43-/m1/s1. The highest BCUT2D eigenvalue weighted by atomic mass is 31.1. The summed E-state index contributed by atoms with van der Waals surface area (Å²) in [5, 5.41) is 4.31. The molecule has 0 N–H and O–H groups in total. The Bertz CT molecular complexity index is 1840. The molecular formula is C43H38O6P2. The fourth-order valence-electron chi connectivity index (χ4n) is 6.33. The molecule has 6 aromatic carbocycles. The van der Waals surface area contributed by atoms with E-state index in [1.165, 1.54) is 0 Å². The van der Waals surface area contributed by atoms with Crippen molar-refractivity contribution in [2.45, 2.75) is 37.0 Å². The largest absolute Gasteiger partial charge is 0.462 e. The van der Waals surface area contributed by atoms with E-state index in [2.05, 4.69) is 72.8 Å². The van der Waals surface area contributed by atoms with Gasteiger partial charge in [0.2, 0.25) is 6.29 Å². The fourth-order valence-corrected chi connectivity index (χ4v) is 10.1. The minimum atomic E-state index is -1.33. The molecule has 6 atom stereocenters. The Balaban J connectivity index is 1.25. The van der Waals surface area contributed by atoms with Gasteiger partial charge in [-0.2, -0.15) is 0 Å². The van der Waals surface area contributed by atoms with Gasteiger partial charge in [-0.1, -0.05) is 170 Å². The van der Waals surface area contributed by atoms with Crippen LogP contribution in [0.4, 0.5) is 0 Å². The summed E-state index contributed by atoms with van der Waals surface area (Å²) >= 11 is 0. The van der Waals surface area contributed by atoms with E-state index in [0.29, 0.717) is 12.4 Å². The first-order valence-electron chi connectivity index (χ1n) is 17.1. The lowest BCUT2D eigenvalue weighted by atomic mass is 9.98. The summed E-state index contributed by atoms with van der Waals surface area (Å²) in [7, 11) is -2.65. The molecule has 0 aromatic heterocycles. The molecule has 8 rings (SSSR count). The molecule has 0 saturated carbocycles. The van der Waals surface area contributed by atoms with Crippen molar-refractivity contribution in [3.63, 3.8) is 0 Å². The number of ether oxygens (including phenoxy) is 4. The first-order chi connectivity index (χ1) is 25.3. The average molecular weight is 713 g/mol. The number of fused-ring (bicyclic) bond motifs is 1. The highest BCUT2D eigenvalue weighted by Gasteiger charge is 2.54. The molecule has 6 aromatic rings. The molecule has 256 valence electrons. The molecule has 2 aliphatic heterocycles. The van der Waals surface area contributed by atoms with Crippen molar-refractivity contribution in [3.8, 4) is 5.75 Å². The molecule has 51 heavy (non-hydrogen) atoms. The van der Waals surface area contributed by atoms with Crippen LogP contribution in [0.15, 0.2) is 182 Å². The smallest absolute Gasteiger partial charge is 0.229 e. The number of rotatable bonds is 11. The Hall–Kier alpha value is -4.22. The van der Waals surface area contributed by atoms with Crippen molar-refractivity contribution in [3.05, 3.63) is 188 Å². The Morgan fingerprint density at radius 1 is 0.451 bits per heavy atom. The monoisotopic (exact) mass is 712 g/mol. The first kappa shape index (κ1) is 33.9. The number of hydrogen-bond acceptors (Lipinski definition) is 6. The van der Waals surface area contributed by atoms with Crippen molar-refractivity contribution in [1.82, 2.24) is 0 Å². The molecule has 2 heterocycles.